The number of H-pyrrole nitrogens is 1. The third kappa shape index (κ3) is 3.17. The zero-order valence-corrected chi connectivity index (χ0v) is 11.2. The molecule has 3 nitrogen and oxygen atoms in total. The van der Waals surface area contributed by atoms with Gasteiger partial charge in [-0.05, 0) is 30.9 Å². The van der Waals surface area contributed by atoms with Crippen LogP contribution in [0.15, 0.2) is 23.8 Å². The molecule has 92 valence electrons. The second kappa shape index (κ2) is 5.02. The van der Waals surface area contributed by atoms with Gasteiger partial charge < -0.3 is 10.7 Å². The normalized spacial score (nSPS) is 11.9. The highest BCUT2D eigenvalue weighted by Crippen LogP contribution is 2.25. The second-order valence-electron chi connectivity index (χ2n) is 5.09. The number of nitrogens with one attached hydrogen (secondary N) is 1. The van der Waals surface area contributed by atoms with Gasteiger partial charge in [-0.25, -0.2) is 4.98 Å². The lowest BCUT2D eigenvalue weighted by Gasteiger charge is -2.21. The van der Waals surface area contributed by atoms with E-state index in [1.165, 1.54) is 5.01 Å². The standard InChI is InChI=1S/C13H19N3S/c1-13(2,9-14)5-3-12-16-11(8-17-12)10-4-6-15-7-10/h4,6-8,15H,3,5,9,14H2,1-2H3. The number of nitrogens with two attached hydrogens (primary N) is 1. The van der Waals surface area contributed by atoms with Crippen molar-refractivity contribution in [1.29, 1.82) is 0 Å². The summed E-state index contributed by atoms with van der Waals surface area (Å²) in [5.74, 6) is 0. The van der Waals surface area contributed by atoms with Crippen molar-refractivity contribution >= 4 is 11.3 Å². The average Bonchev–Trinajstić information content (AvgIpc) is 2.97. The van der Waals surface area contributed by atoms with E-state index in [0.29, 0.717) is 0 Å². The van der Waals surface area contributed by atoms with E-state index in [4.69, 9.17) is 5.73 Å². The minimum absolute atomic E-state index is 0.208. The maximum absolute atomic E-state index is 5.73. The molecule has 0 amide bonds. The molecule has 0 aromatic carbocycles. The average molecular weight is 249 g/mol. The van der Waals surface area contributed by atoms with Crippen LogP contribution < -0.4 is 5.73 Å². The molecular weight excluding hydrogens is 230 g/mol. The van der Waals surface area contributed by atoms with Crippen molar-refractivity contribution in [3.05, 3.63) is 28.8 Å². The summed E-state index contributed by atoms with van der Waals surface area (Å²) in [5, 5.41) is 3.32. The molecule has 0 bridgehead atoms. The molecule has 17 heavy (non-hydrogen) atoms. The molecule has 2 rings (SSSR count). The molecule has 0 spiro atoms. The number of thiazole rings is 1. The lowest BCUT2D eigenvalue weighted by atomic mass is 9.88. The summed E-state index contributed by atoms with van der Waals surface area (Å²) in [6, 6.07) is 2.04. The van der Waals surface area contributed by atoms with Gasteiger partial charge in [0.2, 0.25) is 0 Å². The number of aromatic amines is 1. The first-order valence-corrected chi connectivity index (χ1v) is 6.76. The Kier molecular flexibility index (Phi) is 3.64. The van der Waals surface area contributed by atoms with E-state index in [1.807, 2.05) is 18.5 Å². The van der Waals surface area contributed by atoms with Crippen molar-refractivity contribution in [3.63, 3.8) is 0 Å². The molecule has 2 aromatic rings. The molecule has 0 saturated heterocycles. The van der Waals surface area contributed by atoms with E-state index in [0.717, 1.165) is 30.6 Å². The van der Waals surface area contributed by atoms with Gasteiger partial charge in [0, 0.05) is 23.3 Å². The van der Waals surface area contributed by atoms with Crippen molar-refractivity contribution < 1.29 is 0 Å². The van der Waals surface area contributed by atoms with Crippen LogP contribution in [-0.2, 0) is 6.42 Å². The van der Waals surface area contributed by atoms with Crippen LogP contribution in [0.3, 0.4) is 0 Å². The molecule has 0 unspecified atom stereocenters. The Morgan fingerprint density at radius 1 is 1.47 bits per heavy atom. The van der Waals surface area contributed by atoms with Crippen LogP contribution in [0.4, 0.5) is 0 Å². The van der Waals surface area contributed by atoms with E-state index in [2.05, 4.69) is 29.2 Å². The predicted molar refractivity (Wildman–Crippen MR) is 73.1 cm³/mol. The lowest BCUT2D eigenvalue weighted by Crippen LogP contribution is -2.23. The van der Waals surface area contributed by atoms with Gasteiger partial charge in [-0.1, -0.05) is 13.8 Å². The van der Waals surface area contributed by atoms with Crippen molar-refractivity contribution in [2.24, 2.45) is 11.1 Å². The maximum atomic E-state index is 5.73. The zero-order valence-electron chi connectivity index (χ0n) is 10.4. The predicted octanol–water partition coefficient (Wildman–Crippen LogP) is 3.06. The lowest BCUT2D eigenvalue weighted by molar-refractivity contribution is 0.348. The van der Waals surface area contributed by atoms with Crippen molar-refractivity contribution in [3.8, 4) is 11.3 Å². The number of nitrogens with zero attached hydrogens (tertiary/aromatic N) is 1. The molecule has 0 aliphatic heterocycles. The largest absolute Gasteiger partial charge is 0.367 e. The molecule has 2 aromatic heterocycles. The summed E-state index contributed by atoms with van der Waals surface area (Å²) in [6.07, 6.45) is 6.00. The molecule has 0 fully saturated rings. The minimum Gasteiger partial charge on any atom is -0.367 e. The first-order valence-electron chi connectivity index (χ1n) is 5.88. The van der Waals surface area contributed by atoms with Crippen LogP contribution >= 0.6 is 11.3 Å². The fraction of sp³-hybridized carbons (Fsp3) is 0.462. The van der Waals surface area contributed by atoms with Crippen LogP contribution in [0.2, 0.25) is 0 Å². The van der Waals surface area contributed by atoms with Crippen molar-refractivity contribution in [1.82, 2.24) is 9.97 Å². The Morgan fingerprint density at radius 2 is 2.29 bits per heavy atom. The first kappa shape index (κ1) is 12.3. The van der Waals surface area contributed by atoms with E-state index < -0.39 is 0 Å². The van der Waals surface area contributed by atoms with E-state index in [-0.39, 0.29) is 5.41 Å². The van der Waals surface area contributed by atoms with Gasteiger partial charge in [-0.3, -0.25) is 0 Å². The third-order valence-electron chi connectivity index (χ3n) is 3.01. The van der Waals surface area contributed by atoms with Gasteiger partial charge in [0.25, 0.3) is 0 Å². The number of rotatable bonds is 5. The fourth-order valence-corrected chi connectivity index (χ4v) is 2.40. The molecule has 0 saturated carbocycles. The summed E-state index contributed by atoms with van der Waals surface area (Å²) in [4.78, 5) is 7.70. The van der Waals surface area contributed by atoms with E-state index in [9.17, 15) is 0 Å². The van der Waals surface area contributed by atoms with E-state index >= 15 is 0 Å². The quantitative estimate of drug-likeness (QED) is 0.855. The number of aromatic nitrogens is 2. The second-order valence-corrected chi connectivity index (χ2v) is 6.04. The monoisotopic (exact) mass is 249 g/mol. The van der Waals surface area contributed by atoms with Crippen LogP contribution in [0.1, 0.15) is 25.3 Å². The van der Waals surface area contributed by atoms with Crippen LogP contribution in [0, 0.1) is 5.41 Å². The summed E-state index contributed by atoms with van der Waals surface area (Å²) in [7, 11) is 0. The summed E-state index contributed by atoms with van der Waals surface area (Å²) < 4.78 is 0. The zero-order chi connectivity index (χ0) is 12.3. The van der Waals surface area contributed by atoms with Crippen LogP contribution in [-0.4, -0.2) is 16.5 Å². The molecular formula is C13H19N3S. The highest BCUT2D eigenvalue weighted by molar-refractivity contribution is 7.09. The molecule has 2 heterocycles. The molecule has 0 atom stereocenters. The summed E-state index contributed by atoms with van der Waals surface area (Å²) in [5.41, 5.74) is 8.16. The summed E-state index contributed by atoms with van der Waals surface area (Å²) >= 11 is 1.73. The SMILES string of the molecule is CC(C)(CN)CCc1nc(-c2cc[nH]c2)cs1. The Bertz CT molecular complexity index is 457. The van der Waals surface area contributed by atoms with E-state index in [1.54, 1.807) is 11.3 Å². The molecule has 0 aliphatic carbocycles. The van der Waals surface area contributed by atoms with Gasteiger partial charge >= 0.3 is 0 Å². The van der Waals surface area contributed by atoms with Gasteiger partial charge in [0.05, 0.1) is 10.7 Å². The highest BCUT2D eigenvalue weighted by atomic mass is 32.1. The Morgan fingerprint density at radius 3 is 2.94 bits per heavy atom. The van der Waals surface area contributed by atoms with Gasteiger partial charge in [0.15, 0.2) is 0 Å². The number of hydrogen-bond acceptors (Lipinski definition) is 3. The Labute approximate surface area is 106 Å². The van der Waals surface area contributed by atoms with Crippen LogP contribution in [0.5, 0.6) is 0 Å². The summed E-state index contributed by atoms with van der Waals surface area (Å²) in [6.45, 7) is 5.13. The maximum Gasteiger partial charge on any atom is 0.0932 e. The molecule has 4 heteroatoms. The van der Waals surface area contributed by atoms with Crippen molar-refractivity contribution in [2.75, 3.05) is 6.54 Å². The molecule has 3 N–H and O–H groups in total. The number of hydrogen-bond donors (Lipinski definition) is 2. The molecule has 0 radical (unpaired) electrons. The molecule has 0 aliphatic rings. The third-order valence-corrected chi connectivity index (χ3v) is 3.92. The Balaban J connectivity index is 2.00. The van der Waals surface area contributed by atoms with Gasteiger partial charge in [-0.2, -0.15) is 0 Å². The topological polar surface area (TPSA) is 54.7 Å². The smallest absolute Gasteiger partial charge is 0.0932 e. The Hall–Kier alpha value is -1.13. The van der Waals surface area contributed by atoms with Gasteiger partial charge in [0.1, 0.15) is 0 Å². The first-order chi connectivity index (χ1) is 8.11. The minimum atomic E-state index is 0.208. The number of aryl methyl sites for hydroxylation is 1. The fourth-order valence-electron chi connectivity index (χ4n) is 1.59. The van der Waals surface area contributed by atoms with Gasteiger partial charge in [-0.15, -0.1) is 11.3 Å². The highest BCUT2D eigenvalue weighted by Gasteiger charge is 2.16. The van der Waals surface area contributed by atoms with Crippen molar-refractivity contribution in [2.45, 2.75) is 26.7 Å². The van der Waals surface area contributed by atoms with Crippen LogP contribution in [0.25, 0.3) is 11.3 Å².